The predicted molar refractivity (Wildman–Crippen MR) is 151 cm³/mol. The number of nitrogens with zero attached hydrogens (tertiary/aromatic N) is 4. The number of aromatic nitrogens is 3. The second-order valence-corrected chi connectivity index (χ2v) is 14.0. The maximum absolute atomic E-state index is 12.8. The van der Waals surface area contributed by atoms with Crippen LogP contribution >= 0.6 is 0 Å². The van der Waals surface area contributed by atoms with Gasteiger partial charge in [-0.3, -0.25) is 4.98 Å². The van der Waals surface area contributed by atoms with Crippen molar-refractivity contribution in [2.75, 3.05) is 13.1 Å². The van der Waals surface area contributed by atoms with Crippen LogP contribution in [0.3, 0.4) is 0 Å². The largest absolute Gasteiger partial charge is 0.444 e. The van der Waals surface area contributed by atoms with Crippen molar-refractivity contribution in [3.63, 3.8) is 0 Å². The van der Waals surface area contributed by atoms with Crippen LogP contribution in [-0.2, 0) is 22.4 Å². The van der Waals surface area contributed by atoms with Crippen LogP contribution in [0.4, 0.5) is 4.79 Å². The highest BCUT2D eigenvalue weighted by molar-refractivity contribution is 5.70. The van der Waals surface area contributed by atoms with E-state index in [4.69, 9.17) is 9.26 Å². The average molecular weight is 551 g/mol. The number of carbonyl (C=O) groups is 1. The van der Waals surface area contributed by atoms with E-state index in [9.17, 15) is 15.0 Å². The molecule has 9 nitrogen and oxygen atoms in total. The Morgan fingerprint density at radius 2 is 1.62 bits per heavy atom. The fourth-order valence-corrected chi connectivity index (χ4v) is 5.17. The molecule has 9 heteroatoms. The summed E-state index contributed by atoms with van der Waals surface area (Å²) in [5.41, 5.74) is -1.10. The summed E-state index contributed by atoms with van der Waals surface area (Å²) in [5.74, 6) is 0.333. The molecule has 0 bridgehead atoms. The third-order valence-electron chi connectivity index (χ3n) is 7.07. The molecule has 0 radical (unpaired) electrons. The number of likely N-dealkylation sites (tertiary alicyclic amines) is 1. The number of aliphatic hydroxyl groups is 2. The van der Waals surface area contributed by atoms with Crippen LogP contribution < -0.4 is 0 Å². The van der Waals surface area contributed by atoms with Crippen LogP contribution in [0.25, 0.3) is 11.4 Å². The highest BCUT2D eigenvalue weighted by Gasteiger charge is 2.58. The Morgan fingerprint density at radius 3 is 2.15 bits per heavy atom. The van der Waals surface area contributed by atoms with E-state index < -0.39 is 28.3 Å². The number of pyridine rings is 1. The van der Waals surface area contributed by atoms with Crippen molar-refractivity contribution in [3.05, 3.63) is 65.3 Å². The molecule has 1 aliphatic heterocycles. The maximum atomic E-state index is 12.8. The van der Waals surface area contributed by atoms with Gasteiger partial charge in [0.15, 0.2) is 0 Å². The summed E-state index contributed by atoms with van der Waals surface area (Å²) in [6.07, 6.45) is 3.70. The molecule has 3 heterocycles. The molecule has 1 atom stereocenters. The van der Waals surface area contributed by atoms with Crippen LogP contribution in [0, 0.1) is 10.8 Å². The number of rotatable bonds is 6. The van der Waals surface area contributed by atoms with Gasteiger partial charge in [0.1, 0.15) is 16.8 Å². The summed E-state index contributed by atoms with van der Waals surface area (Å²) in [6.45, 7) is 17.7. The molecule has 4 rings (SSSR count). The average Bonchev–Trinajstić information content (AvgIpc) is 3.31. The second-order valence-electron chi connectivity index (χ2n) is 14.0. The van der Waals surface area contributed by atoms with Crippen molar-refractivity contribution < 1.29 is 24.3 Å². The van der Waals surface area contributed by atoms with Crippen molar-refractivity contribution >= 4 is 6.09 Å². The van der Waals surface area contributed by atoms with Gasteiger partial charge in [-0.2, -0.15) is 4.98 Å². The van der Waals surface area contributed by atoms with Crippen LogP contribution in [0.5, 0.6) is 0 Å². The molecule has 3 aromatic rings. The van der Waals surface area contributed by atoms with Gasteiger partial charge in [-0.15, -0.1) is 0 Å². The van der Waals surface area contributed by atoms with Gasteiger partial charge in [0.05, 0.1) is 0 Å². The second kappa shape index (κ2) is 9.96. The van der Waals surface area contributed by atoms with E-state index in [0.717, 1.165) is 6.42 Å². The van der Waals surface area contributed by atoms with E-state index >= 15 is 0 Å². The molecule has 0 saturated carbocycles. The molecule has 216 valence electrons. The number of ether oxygens (including phenoxy) is 1. The van der Waals surface area contributed by atoms with Crippen molar-refractivity contribution in [2.45, 2.75) is 85.5 Å². The minimum Gasteiger partial charge on any atom is -0.444 e. The first-order valence-corrected chi connectivity index (χ1v) is 13.6. The van der Waals surface area contributed by atoms with Gasteiger partial charge in [0.2, 0.25) is 5.82 Å². The molecule has 40 heavy (non-hydrogen) atoms. The lowest BCUT2D eigenvalue weighted by Gasteiger charge is -2.56. The van der Waals surface area contributed by atoms with Gasteiger partial charge < -0.3 is 24.4 Å². The van der Waals surface area contributed by atoms with Gasteiger partial charge in [-0.05, 0) is 63.6 Å². The lowest BCUT2D eigenvalue weighted by atomic mass is 9.62. The van der Waals surface area contributed by atoms with E-state index in [0.29, 0.717) is 16.7 Å². The first-order chi connectivity index (χ1) is 18.3. The summed E-state index contributed by atoms with van der Waals surface area (Å²) in [4.78, 5) is 23.2. The van der Waals surface area contributed by atoms with Crippen molar-refractivity contribution in [3.8, 4) is 11.4 Å². The van der Waals surface area contributed by atoms with E-state index in [1.165, 1.54) is 5.56 Å². The molecule has 0 aliphatic carbocycles. The minimum absolute atomic E-state index is 0.0801. The Kier molecular flexibility index (Phi) is 7.39. The Hall–Kier alpha value is -3.30. The Bertz CT molecular complexity index is 1360. The summed E-state index contributed by atoms with van der Waals surface area (Å²) >= 11 is 0. The van der Waals surface area contributed by atoms with Crippen LogP contribution in [0.15, 0.2) is 47.2 Å². The molecular formula is C31H42N4O5. The van der Waals surface area contributed by atoms with E-state index in [1.54, 1.807) is 37.2 Å². The summed E-state index contributed by atoms with van der Waals surface area (Å²) < 4.78 is 10.8. The normalized spacial score (nSPS) is 17.2. The smallest absolute Gasteiger partial charge is 0.410 e. The third kappa shape index (κ3) is 6.05. The first kappa shape index (κ1) is 29.7. The van der Waals surface area contributed by atoms with E-state index in [2.05, 4.69) is 35.9 Å². The molecule has 0 spiro atoms. The van der Waals surface area contributed by atoms with Crippen LogP contribution in [0.1, 0.15) is 84.9 Å². The fraction of sp³-hybridized carbons (Fsp3) is 0.548. The maximum Gasteiger partial charge on any atom is 0.410 e. The summed E-state index contributed by atoms with van der Waals surface area (Å²) in [5, 5.41) is 27.0. The molecular weight excluding hydrogens is 508 g/mol. The predicted octanol–water partition coefficient (Wildman–Crippen LogP) is 5.44. The Morgan fingerprint density at radius 1 is 1.00 bits per heavy atom. The quantitative estimate of drug-likeness (QED) is 0.416. The number of benzene rings is 1. The number of carbonyl (C=O) groups excluding carboxylic acids is 1. The first-order valence-electron chi connectivity index (χ1n) is 13.6. The monoisotopic (exact) mass is 550 g/mol. The number of amides is 1. The molecule has 1 fully saturated rings. The Balaban J connectivity index is 1.75. The Labute approximate surface area is 236 Å². The molecule has 2 aromatic heterocycles. The van der Waals surface area contributed by atoms with Gasteiger partial charge in [0, 0.05) is 42.0 Å². The van der Waals surface area contributed by atoms with Gasteiger partial charge in [-0.25, -0.2) is 4.79 Å². The lowest BCUT2D eigenvalue weighted by molar-refractivity contribution is -0.131. The molecule has 1 aliphatic rings. The van der Waals surface area contributed by atoms with Crippen LogP contribution in [0.2, 0.25) is 0 Å². The van der Waals surface area contributed by atoms with Gasteiger partial charge in [0.25, 0.3) is 5.89 Å². The van der Waals surface area contributed by atoms with Crippen molar-refractivity contribution in [1.82, 2.24) is 20.0 Å². The fourth-order valence-electron chi connectivity index (χ4n) is 5.17. The zero-order valence-electron chi connectivity index (χ0n) is 25.1. The standard InChI is InChI=1S/C31H42N4O5/c1-27(2,3)15-20-10-12-22(13-11-20)31(38,30(9)18-35(19-30)26(36)39-28(4,5)6)23-14-21(16-32-17-23)24-33-25(40-34-24)29(7,8)37/h10-14,16-17,37-38H,15,18-19H2,1-9H3. The van der Waals surface area contributed by atoms with Gasteiger partial charge >= 0.3 is 6.09 Å². The van der Waals surface area contributed by atoms with E-state index in [1.807, 2.05) is 52.0 Å². The lowest BCUT2D eigenvalue weighted by Crippen LogP contribution is -2.66. The van der Waals surface area contributed by atoms with Crippen molar-refractivity contribution in [1.29, 1.82) is 0 Å². The topological polar surface area (TPSA) is 122 Å². The summed E-state index contributed by atoms with van der Waals surface area (Å²) in [6, 6.07) is 9.79. The zero-order chi connectivity index (χ0) is 29.7. The summed E-state index contributed by atoms with van der Waals surface area (Å²) in [7, 11) is 0. The van der Waals surface area contributed by atoms with E-state index in [-0.39, 0.29) is 30.2 Å². The highest BCUT2D eigenvalue weighted by atomic mass is 16.6. The zero-order valence-corrected chi connectivity index (χ0v) is 25.1. The van der Waals surface area contributed by atoms with Crippen LogP contribution in [-0.4, -0.2) is 55.0 Å². The molecule has 1 amide bonds. The molecule has 2 N–H and O–H groups in total. The number of hydrogen-bond acceptors (Lipinski definition) is 8. The minimum atomic E-state index is -1.50. The molecule has 1 unspecified atom stereocenters. The van der Waals surface area contributed by atoms with Gasteiger partial charge in [-0.1, -0.05) is 57.1 Å². The van der Waals surface area contributed by atoms with Crippen molar-refractivity contribution in [2.24, 2.45) is 10.8 Å². The highest BCUT2D eigenvalue weighted by Crippen LogP contribution is 2.51. The number of hydrogen-bond donors (Lipinski definition) is 2. The third-order valence-corrected chi connectivity index (χ3v) is 7.07. The molecule has 1 saturated heterocycles. The SMILES string of the molecule is CC(C)(C)Cc1ccc(C(O)(c2cncc(-c3noc(C(C)(C)O)n3)c2)C2(C)CN(C(=O)OC(C)(C)C)C2)cc1. The molecule has 1 aromatic carbocycles.